The van der Waals surface area contributed by atoms with Crippen LogP contribution in [0.1, 0.15) is 25.0 Å². The van der Waals surface area contributed by atoms with E-state index in [1.165, 1.54) is 4.90 Å². The van der Waals surface area contributed by atoms with Crippen LogP contribution in [0.15, 0.2) is 78.9 Å². The summed E-state index contributed by atoms with van der Waals surface area (Å²) in [5, 5.41) is 2.78. The molecule has 8 heteroatoms. The number of methoxy groups -OCH3 is 1. The van der Waals surface area contributed by atoms with Crippen molar-refractivity contribution in [2.45, 2.75) is 25.6 Å². The van der Waals surface area contributed by atoms with E-state index in [9.17, 15) is 14.4 Å². The highest BCUT2D eigenvalue weighted by atomic mass is 16.5. The minimum Gasteiger partial charge on any atom is -0.497 e. The van der Waals surface area contributed by atoms with Gasteiger partial charge in [-0.05, 0) is 43.3 Å². The van der Waals surface area contributed by atoms with Gasteiger partial charge in [0.25, 0.3) is 11.8 Å². The maximum absolute atomic E-state index is 13.1. The van der Waals surface area contributed by atoms with Crippen LogP contribution in [0.25, 0.3) is 0 Å². The van der Waals surface area contributed by atoms with Crippen LogP contribution in [0, 0.1) is 0 Å². The number of hydrogen-bond donors (Lipinski definition) is 1. The van der Waals surface area contributed by atoms with Crippen molar-refractivity contribution in [1.29, 1.82) is 0 Å². The van der Waals surface area contributed by atoms with Gasteiger partial charge in [-0.3, -0.25) is 14.4 Å². The summed E-state index contributed by atoms with van der Waals surface area (Å²) in [5.74, 6) is -0.103. The monoisotopic (exact) mass is 474 g/mol. The number of nitrogens with zero attached hydrogens (tertiary/aromatic N) is 1. The third-order valence-corrected chi connectivity index (χ3v) is 5.56. The van der Waals surface area contributed by atoms with Crippen molar-refractivity contribution in [3.05, 3.63) is 84.4 Å². The molecule has 1 N–H and O–H groups in total. The molecule has 3 aromatic rings. The van der Waals surface area contributed by atoms with E-state index in [2.05, 4.69) is 5.32 Å². The zero-order valence-corrected chi connectivity index (χ0v) is 19.5. The Balaban J connectivity index is 1.46. The summed E-state index contributed by atoms with van der Waals surface area (Å²) in [6, 6.07) is 22.8. The molecule has 1 aliphatic rings. The average Bonchev–Trinajstić information content (AvgIpc) is 2.88. The van der Waals surface area contributed by atoms with Gasteiger partial charge in [-0.15, -0.1) is 0 Å². The van der Waals surface area contributed by atoms with Gasteiger partial charge in [0.05, 0.1) is 19.2 Å². The number of carbonyl (C=O) groups is 3. The van der Waals surface area contributed by atoms with Crippen LogP contribution in [0.2, 0.25) is 0 Å². The van der Waals surface area contributed by atoms with Gasteiger partial charge >= 0.3 is 5.97 Å². The fraction of sp³-hybridized carbons (Fsp3) is 0.222. The van der Waals surface area contributed by atoms with Gasteiger partial charge in [0.15, 0.2) is 6.10 Å². The van der Waals surface area contributed by atoms with Crippen molar-refractivity contribution in [1.82, 2.24) is 0 Å². The topological polar surface area (TPSA) is 94.2 Å². The van der Waals surface area contributed by atoms with Crippen LogP contribution in [-0.4, -0.2) is 37.5 Å². The molecular weight excluding hydrogens is 448 g/mol. The third-order valence-electron chi connectivity index (χ3n) is 5.56. The zero-order chi connectivity index (χ0) is 24.8. The van der Waals surface area contributed by atoms with Crippen LogP contribution in [0.5, 0.6) is 11.5 Å². The second-order valence-electron chi connectivity index (χ2n) is 7.97. The number of benzene rings is 3. The third kappa shape index (κ3) is 5.60. The van der Waals surface area contributed by atoms with Crippen molar-refractivity contribution in [2.24, 2.45) is 0 Å². The number of fused-ring (bicyclic) bond motifs is 1. The lowest BCUT2D eigenvalue weighted by atomic mass is 10.1. The number of rotatable bonds is 8. The van der Waals surface area contributed by atoms with Gasteiger partial charge in [0.2, 0.25) is 6.10 Å². The average molecular weight is 475 g/mol. The summed E-state index contributed by atoms with van der Waals surface area (Å²) in [6.45, 7) is 1.77. The van der Waals surface area contributed by atoms with Crippen LogP contribution in [0.3, 0.4) is 0 Å². The Morgan fingerprint density at radius 3 is 2.40 bits per heavy atom. The lowest BCUT2D eigenvalue weighted by molar-refractivity contribution is -0.154. The summed E-state index contributed by atoms with van der Waals surface area (Å²) in [6.07, 6.45) is -1.91. The SMILES string of the molecule is COc1ccc(NC(=O)C(OC(=O)CCN2C(=O)C(C)Oc3ccccc32)c2ccccc2)cc1. The Morgan fingerprint density at radius 2 is 1.69 bits per heavy atom. The maximum Gasteiger partial charge on any atom is 0.308 e. The minimum absolute atomic E-state index is 0.0913. The van der Waals surface area contributed by atoms with Crippen LogP contribution in [0.4, 0.5) is 11.4 Å². The van der Waals surface area contributed by atoms with E-state index in [4.69, 9.17) is 14.2 Å². The van der Waals surface area contributed by atoms with E-state index in [1.54, 1.807) is 80.8 Å². The first kappa shape index (κ1) is 23.8. The molecular formula is C27H26N2O6. The number of nitrogens with one attached hydrogen (secondary N) is 1. The highest BCUT2D eigenvalue weighted by Gasteiger charge is 2.32. The van der Waals surface area contributed by atoms with E-state index in [0.29, 0.717) is 28.4 Å². The molecule has 180 valence electrons. The van der Waals surface area contributed by atoms with Crippen molar-refractivity contribution in [2.75, 3.05) is 23.9 Å². The number of amides is 2. The van der Waals surface area contributed by atoms with E-state index in [0.717, 1.165) is 0 Å². The Bertz CT molecular complexity index is 1200. The molecule has 3 aromatic carbocycles. The molecule has 0 saturated carbocycles. The van der Waals surface area contributed by atoms with Crippen molar-refractivity contribution >= 4 is 29.2 Å². The Labute approximate surface area is 203 Å². The summed E-state index contributed by atoms with van der Waals surface area (Å²) >= 11 is 0. The quantitative estimate of drug-likeness (QED) is 0.494. The lowest BCUT2D eigenvalue weighted by Gasteiger charge is -2.32. The second kappa shape index (κ2) is 10.7. The van der Waals surface area contributed by atoms with Crippen molar-refractivity contribution < 1.29 is 28.6 Å². The molecule has 0 spiro atoms. The molecule has 0 fully saturated rings. The first-order valence-electron chi connectivity index (χ1n) is 11.2. The Kier molecular flexibility index (Phi) is 7.30. The number of anilines is 2. The molecule has 0 saturated heterocycles. The smallest absolute Gasteiger partial charge is 0.308 e. The number of ether oxygens (including phenoxy) is 3. The fourth-order valence-corrected chi connectivity index (χ4v) is 3.77. The molecule has 0 aliphatic carbocycles. The van der Waals surface area contributed by atoms with E-state index < -0.39 is 24.1 Å². The maximum atomic E-state index is 13.1. The molecule has 0 radical (unpaired) electrons. The zero-order valence-electron chi connectivity index (χ0n) is 19.5. The van der Waals surface area contributed by atoms with Gasteiger partial charge < -0.3 is 24.4 Å². The standard InChI is InChI=1S/C27H26N2O6/c1-18-27(32)29(22-10-6-7-11-23(22)34-18)17-16-24(30)35-25(19-8-4-3-5-9-19)26(31)28-20-12-14-21(33-2)15-13-20/h3-15,18,25H,16-17H2,1-2H3,(H,28,31). The van der Waals surface area contributed by atoms with Crippen LogP contribution < -0.4 is 19.7 Å². The predicted molar refractivity (Wildman–Crippen MR) is 130 cm³/mol. The van der Waals surface area contributed by atoms with Gasteiger partial charge in [-0.2, -0.15) is 0 Å². The number of esters is 1. The summed E-state index contributed by atoms with van der Waals surface area (Å²) in [5.41, 5.74) is 1.67. The molecule has 1 heterocycles. The van der Waals surface area contributed by atoms with Gasteiger partial charge in [0.1, 0.15) is 11.5 Å². The molecule has 0 bridgehead atoms. The molecule has 2 unspecified atom stereocenters. The number of carbonyl (C=O) groups excluding carboxylic acids is 3. The molecule has 4 rings (SSSR count). The summed E-state index contributed by atoms with van der Waals surface area (Å²) in [4.78, 5) is 40.1. The van der Waals surface area contributed by atoms with Gasteiger partial charge in [-0.1, -0.05) is 42.5 Å². The van der Waals surface area contributed by atoms with E-state index in [-0.39, 0.29) is 18.9 Å². The molecule has 2 amide bonds. The van der Waals surface area contributed by atoms with Gasteiger partial charge in [-0.25, -0.2) is 0 Å². The first-order chi connectivity index (χ1) is 17.0. The highest BCUT2D eigenvalue weighted by Crippen LogP contribution is 2.33. The second-order valence-corrected chi connectivity index (χ2v) is 7.97. The van der Waals surface area contributed by atoms with Crippen molar-refractivity contribution in [3.63, 3.8) is 0 Å². The normalized spacial score (nSPS) is 15.4. The summed E-state index contributed by atoms with van der Waals surface area (Å²) < 4.78 is 16.4. The molecule has 2 atom stereocenters. The summed E-state index contributed by atoms with van der Waals surface area (Å²) in [7, 11) is 1.56. The molecule has 1 aliphatic heterocycles. The first-order valence-corrected chi connectivity index (χ1v) is 11.2. The predicted octanol–water partition coefficient (Wildman–Crippen LogP) is 4.12. The largest absolute Gasteiger partial charge is 0.497 e. The van der Waals surface area contributed by atoms with E-state index >= 15 is 0 Å². The van der Waals surface area contributed by atoms with Crippen molar-refractivity contribution in [3.8, 4) is 11.5 Å². The van der Waals surface area contributed by atoms with E-state index in [1.807, 2.05) is 12.1 Å². The Morgan fingerprint density at radius 1 is 1.00 bits per heavy atom. The molecule has 8 nitrogen and oxygen atoms in total. The van der Waals surface area contributed by atoms with Crippen LogP contribution >= 0.6 is 0 Å². The fourth-order valence-electron chi connectivity index (χ4n) is 3.77. The molecule has 0 aromatic heterocycles. The van der Waals surface area contributed by atoms with Gasteiger partial charge in [0, 0.05) is 17.8 Å². The lowest BCUT2D eigenvalue weighted by Crippen LogP contribution is -2.45. The number of hydrogen-bond acceptors (Lipinski definition) is 6. The molecule has 35 heavy (non-hydrogen) atoms. The number of para-hydroxylation sites is 2. The van der Waals surface area contributed by atoms with Crippen LogP contribution in [-0.2, 0) is 19.1 Å². The minimum atomic E-state index is -1.16. The Hall–Kier alpha value is -4.33. The highest BCUT2D eigenvalue weighted by molar-refractivity contribution is 6.00.